The molecule has 1 aliphatic rings. The lowest BCUT2D eigenvalue weighted by molar-refractivity contribution is -0.134. The highest BCUT2D eigenvalue weighted by molar-refractivity contribution is 5.88. The number of benzene rings is 1. The van der Waals surface area contributed by atoms with Gasteiger partial charge in [0.05, 0.1) is 12.7 Å². The Morgan fingerprint density at radius 3 is 2.86 bits per heavy atom. The molecule has 0 aliphatic carbocycles. The summed E-state index contributed by atoms with van der Waals surface area (Å²) >= 11 is 0. The number of furan rings is 1. The standard InChI is InChI=1S/C22H28N4O2.ClH/c1-14(2)17-11-18-16(13-28-20(18)9-15(17)3)10-21(27)26-8-5-23-12-19(26)22-24-6-7-25(22)4;/h6-7,9,11,13-14,19,23H,5,8,10,12H2,1-4H3;1H. The Morgan fingerprint density at radius 2 is 2.17 bits per heavy atom. The Labute approximate surface area is 177 Å². The predicted molar refractivity (Wildman–Crippen MR) is 117 cm³/mol. The van der Waals surface area contributed by atoms with Gasteiger partial charge in [-0.2, -0.15) is 0 Å². The average Bonchev–Trinajstić information content (AvgIpc) is 3.26. The summed E-state index contributed by atoms with van der Waals surface area (Å²) < 4.78 is 7.76. The van der Waals surface area contributed by atoms with Gasteiger partial charge in [0, 0.05) is 50.0 Å². The van der Waals surface area contributed by atoms with Crippen LogP contribution in [-0.4, -0.2) is 40.0 Å². The van der Waals surface area contributed by atoms with E-state index >= 15 is 0 Å². The van der Waals surface area contributed by atoms with Crippen LogP contribution < -0.4 is 5.32 Å². The fourth-order valence-electron chi connectivity index (χ4n) is 4.20. The van der Waals surface area contributed by atoms with Gasteiger partial charge in [0.1, 0.15) is 17.4 Å². The third-order valence-electron chi connectivity index (χ3n) is 5.73. The van der Waals surface area contributed by atoms with Gasteiger partial charge in [-0.3, -0.25) is 4.79 Å². The van der Waals surface area contributed by atoms with Gasteiger partial charge >= 0.3 is 0 Å². The second kappa shape index (κ2) is 8.59. The van der Waals surface area contributed by atoms with Crippen molar-refractivity contribution in [2.75, 3.05) is 19.6 Å². The van der Waals surface area contributed by atoms with E-state index in [1.807, 2.05) is 22.7 Å². The van der Waals surface area contributed by atoms with Crippen molar-refractivity contribution < 1.29 is 9.21 Å². The Kier molecular flexibility index (Phi) is 6.34. The lowest BCUT2D eigenvalue weighted by atomic mass is 9.95. The Morgan fingerprint density at radius 1 is 1.38 bits per heavy atom. The molecule has 1 amide bonds. The number of halogens is 1. The number of piperazine rings is 1. The molecule has 1 atom stereocenters. The smallest absolute Gasteiger partial charge is 0.227 e. The van der Waals surface area contributed by atoms with Gasteiger partial charge in [-0.05, 0) is 36.1 Å². The lowest BCUT2D eigenvalue weighted by Gasteiger charge is -2.35. The molecule has 1 saturated heterocycles. The van der Waals surface area contributed by atoms with E-state index in [1.165, 1.54) is 11.1 Å². The molecule has 29 heavy (non-hydrogen) atoms. The normalized spacial score (nSPS) is 17.0. The van der Waals surface area contributed by atoms with Gasteiger partial charge in [-0.25, -0.2) is 4.98 Å². The molecule has 6 nitrogen and oxygen atoms in total. The Bertz CT molecular complexity index is 1010. The first kappa shape index (κ1) is 21.4. The molecule has 2 aromatic heterocycles. The minimum absolute atomic E-state index is 0. The van der Waals surface area contributed by atoms with Crippen molar-refractivity contribution in [3.8, 4) is 0 Å². The number of carbonyl (C=O) groups excluding carboxylic acids is 1. The van der Waals surface area contributed by atoms with E-state index in [-0.39, 0.29) is 24.4 Å². The largest absolute Gasteiger partial charge is 0.464 e. The zero-order chi connectivity index (χ0) is 19.8. The lowest BCUT2D eigenvalue weighted by Crippen LogP contribution is -2.49. The summed E-state index contributed by atoms with van der Waals surface area (Å²) in [5.74, 6) is 1.46. The van der Waals surface area contributed by atoms with Crippen LogP contribution in [0.2, 0.25) is 0 Å². The Hall–Kier alpha value is -2.31. The Balaban J connectivity index is 0.00000240. The average molecular weight is 417 g/mol. The molecule has 0 saturated carbocycles. The van der Waals surface area contributed by atoms with Gasteiger partial charge in [-0.15, -0.1) is 12.4 Å². The van der Waals surface area contributed by atoms with Crippen LogP contribution in [0.4, 0.5) is 0 Å². The van der Waals surface area contributed by atoms with Crippen LogP contribution in [-0.2, 0) is 18.3 Å². The minimum Gasteiger partial charge on any atom is -0.464 e. The summed E-state index contributed by atoms with van der Waals surface area (Å²) in [6, 6.07) is 4.23. The highest BCUT2D eigenvalue weighted by atomic mass is 35.5. The SMILES string of the molecule is Cc1cc2occ(CC(=O)N3CCNCC3c3nccn3C)c2cc1C(C)C.Cl. The molecular weight excluding hydrogens is 388 g/mol. The van der Waals surface area contributed by atoms with Gasteiger partial charge in [0.15, 0.2) is 0 Å². The number of carbonyl (C=O) groups is 1. The highest BCUT2D eigenvalue weighted by Gasteiger charge is 2.30. The van der Waals surface area contributed by atoms with Crippen LogP contribution in [0.5, 0.6) is 0 Å². The maximum Gasteiger partial charge on any atom is 0.227 e. The van der Waals surface area contributed by atoms with Gasteiger partial charge in [-0.1, -0.05) is 13.8 Å². The zero-order valence-electron chi connectivity index (χ0n) is 17.4. The van der Waals surface area contributed by atoms with E-state index in [9.17, 15) is 4.79 Å². The number of fused-ring (bicyclic) bond motifs is 1. The van der Waals surface area contributed by atoms with Gasteiger partial charge in [0.25, 0.3) is 0 Å². The highest BCUT2D eigenvalue weighted by Crippen LogP contribution is 2.30. The number of aromatic nitrogens is 2. The zero-order valence-corrected chi connectivity index (χ0v) is 18.3. The molecule has 1 unspecified atom stereocenters. The van der Waals surface area contributed by atoms with Crippen LogP contribution >= 0.6 is 12.4 Å². The minimum atomic E-state index is -0.0483. The summed E-state index contributed by atoms with van der Waals surface area (Å²) in [5.41, 5.74) is 4.34. The molecule has 3 heterocycles. The topological polar surface area (TPSA) is 63.3 Å². The summed E-state index contributed by atoms with van der Waals surface area (Å²) in [5, 5.41) is 4.43. The van der Waals surface area contributed by atoms with E-state index in [2.05, 4.69) is 43.2 Å². The third-order valence-corrected chi connectivity index (χ3v) is 5.73. The van der Waals surface area contributed by atoms with Crippen molar-refractivity contribution in [1.29, 1.82) is 0 Å². The second-order valence-corrected chi connectivity index (χ2v) is 8.00. The van der Waals surface area contributed by atoms with Gasteiger partial charge < -0.3 is 19.2 Å². The second-order valence-electron chi connectivity index (χ2n) is 8.00. The van der Waals surface area contributed by atoms with E-state index in [0.717, 1.165) is 35.4 Å². The van der Waals surface area contributed by atoms with Crippen LogP contribution in [0.1, 0.15) is 48.3 Å². The monoisotopic (exact) mass is 416 g/mol. The fraction of sp³-hybridized carbons (Fsp3) is 0.455. The third kappa shape index (κ3) is 4.05. The number of imidazole rings is 1. The van der Waals surface area contributed by atoms with Crippen molar-refractivity contribution in [3.05, 3.63) is 53.3 Å². The number of hydrogen-bond donors (Lipinski definition) is 1. The molecule has 1 fully saturated rings. The number of rotatable bonds is 4. The summed E-state index contributed by atoms with van der Waals surface area (Å²) in [6.07, 6.45) is 5.79. The first-order valence-electron chi connectivity index (χ1n) is 9.93. The number of amides is 1. The van der Waals surface area contributed by atoms with Crippen molar-refractivity contribution in [2.24, 2.45) is 7.05 Å². The summed E-state index contributed by atoms with van der Waals surface area (Å²) in [7, 11) is 1.97. The van der Waals surface area contributed by atoms with E-state index in [0.29, 0.717) is 18.9 Å². The van der Waals surface area contributed by atoms with Crippen molar-refractivity contribution >= 4 is 29.3 Å². The molecule has 1 N–H and O–H groups in total. The maximum absolute atomic E-state index is 13.2. The van der Waals surface area contributed by atoms with E-state index in [1.54, 1.807) is 12.5 Å². The molecule has 156 valence electrons. The maximum atomic E-state index is 13.2. The predicted octanol–water partition coefficient (Wildman–Crippen LogP) is 3.74. The first-order valence-corrected chi connectivity index (χ1v) is 9.93. The van der Waals surface area contributed by atoms with Crippen LogP contribution in [0.25, 0.3) is 11.0 Å². The molecule has 0 radical (unpaired) electrons. The number of aryl methyl sites for hydroxylation is 2. The van der Waals surface area contributed by atoms with Crippen molar-refractivity contribution in [3.63, 3.8) is 0 Å². The van der Waals surface area contributed by atoms with Crippen LogP contribution in [0, 0.1) is 6.92 Å². The molecule has 0 spiro atoms. The van der Waals surface area contributed by atoms with E-state index < -0.39 is 0 Å². The van der Waals surface area contributed by atoms with Crippen LogP contribution in [0.15, 0.2) is 35.2 Å². The molecule has 1 aliphatic heterocycles. The number of hydrogen-bond acceptors (Lipinski definition) is 4. The molecule has 3 aromatic rings. The molecule has 0 bridgehead atoms. The molecule has 4 rings (SSSR count). The van der Waals surface area contributed by atoms with Crippen molar-refractivity contribution in [2.45, 2.75) is 39.2 Å². The first-order chi connectivity index (χ1) is 13.5. The molecule has 7 heteroatoms. The molecular formula is C22H29ClN4O2. The number of nitrogens with one attached hydrogen (secondary N) is 1. The summed E-state index contributed by atoms with van der Waals surface area (Å²) in [4.78, 5) is 19.7. The van der Waals surface area contributed by atoms with Crippen LogP contribution in [0.3, 0.4) is 0 Å². The van der Waals surface area contributed by atoms with Crippen molar-refractivity contribution in [1.82, 2.24) is 19.8 Å². The fourth-order valence-corrected chi connectivity index (χ4v) is 4.20. The quantitative estimate of drug-likeness (QED) is 0.703. The number of nitrogens with zero attached hydrogens (tertiary/aromatic N) is 3. The van der Waals surface area contributed by atoms with Gasteiger partial charge in [0.2, 0.25) is 5.91 Å². The summed E-state index contributed by atoms with van der Waals surface area (Å²) in [6.45, 7) is 8.70. The molecule has 1 aromatic carbocycles. The van der Waals surface area contributed by atoms with E-state index in [4.69, 9.17) is 4.42 Å².